The van der Waals surface area contributed by atoms with Gasteiger partial charge >= 0.3 is 12.5 Å². The molecule has 1 saturated heterocycles. The number of likely N-dealkylation sites (N-methyl/N-ethyl adjacent to an activating group) is 1. The minimum absolute atomic E-state index is 0.0381. The molecule has 1 aromatic rings. The third-order valence-corrected chi connectivity index (χ3v) is 8.71. The molecule has 1 aromatic carbocycles. The first kappa shape index (κ1) is 30.0. The number of amides is 2. The SMILES string of the molecule is CCCC(C(=O)N[C@H]1CC[C@@H]2CN(S(=O)(=O)c3ccc(OC(F)(F)F)cc3)C[C@@H]21)N(C)C(=O)OC(C)(C)C. The number of alkyl halides is 3. The summed E-state index contributed by atoms with van der Waals surface area (Å²) in [7, 11) is -2.42. The number of carbonyl (C=O) groups is 2. The lowest BCUT2D eigenvalue weighted by Gasteiger charge is -2.31. The van der Waals surface area contributed by atoms with Gasteiger partial charge in [-0.15, -0.1) is 13.2 Å². The monoisotopic (exact) mass is 563 g/mol. The van der Waals surface area contributed by atoms with Gasteiger partial charge in [0.15, 0.2) is 0 Å². The maximum absolute atomic E-state index is 13.2. The number of fused-ring (bicyclic) bond motifs is 1. The first-order valence-corrected chi connectivity index (χ1v) is 14.1. The molecule has 1 heterocycles. The van der Waals surface area contributed by atoms with Gasteiger partial charge in [0.2, 0.25) is 15.9 Å². The number of halogens is 3. The number of ether oxygens (including phenoxy) is 2. The number of sulfonamides is 1. The molecule has 0 radical (unpaired) electrons. The first-order valence-electron chi connectivity index (χ1n) is 12.6. The van der Waals surface area contributed by atoms with Crippen LogP contribution < -0.4 is 10.1 Å². The van der Waals surface area contributed by atoms with Crippen LogP contribution in [-0.4, -0.2) is 73.8 Å². The molecule has 1 unspecified atom stereocenters. The fourth-order valence-corrected chi connectivity index (χ4v) is 6.61. The molecule has 3 rings (SSSR count). The number of rotatable bonds is 8. The lowest BCUT2D eigenvalue weighted by Crippen LogP contribution is -2.52. The normalized spacial score (nSPS) is 23.0. The van der Waals surface area contributed by atoms with E-state index >= 15 is 0 Å². The van der Waals surface area contributed by atoms with Gasteiger partial charge in [0, 0.05) is 26.2 Å². The second-order valence-electron chi connectivity index (χ2n) is 10.9. The number of benzene rings is 1. The fourth-order valence-electron chi connectivity index (χ4n) is 5.08. The lowest BCUT2D eigenvalue weighted by molar-refractivity contribution is -0.274. The van der Waals surface area contributed by atoms with E-state index in [1.807, 2.05) is 6.92 Å². The summed E-state index contributed by atoms with van der Waals surface area (Å²) in [5.74, 6) is -0.894. The van der Waals surface area contributed by atoms with Crippen LogP contribution in [0, 0.1) is 11.8 Å². The van der Waals surface area contributed by atoms with E-state index in [2.05, 4.69) is 10.1 Å². The zero-order chi connectivity index (χ0) is 28.5. The van der Waals surface area contributed by atoms with Crippen molar-refractivity contribution in [2.75, 3.05) is 20.1 Å². The average Bonchev–Trinajstić information content (AvgIpc) is 3.37. The molecule has 1 aliphatic carbocycles. The molecule has 13 heteroatoms. The average molecular weight is 564 g/mol. The van der Waals surface area contributed by atoms with Crippen LogP contribution >= 0.6 is 0 Å². The fraction of sp³-hybridized carbons (Fsp3) is 0.680. The van der Waals surface area contributed by atoms with E-state index in [9.17, 15) is 31.2 Å². The van der Waals surface area contributed by atoms with Crippen LogP contribution in [0.1, 0.15) is 53.4 Å². The number of nitrogens with one attached hydrogen (secondary N) is 1. The summed E-state index contributed by atoms with van der Waals surface area (Å²) < 4.78 is 74.2. The number of carbonyl (C=O) groups excluding carboxylic acids is 2. The predicted molar refractivity (Wildman–Crippen MR) is 133 cm³/mol. The highest BCUT2D eigenvalue weighted by molar-refractivity contribution is 7.89. The second-order valence-corrected chi connectivity index (χ2v) is 12.8. The highest BCUT2D eigenvalue weighted by Crippen LogP contribution is 2.40. The molecular weight excluding hydrogens is 527 g/mol. The Morgan fingerprint density at radius 3 is 2.32 bits per heavy atom. The lowest BCUT2D eigenvalue weighted by atomic mass is 9.97. The molecule has 0 spiro atoms. The van der Waals surface area contributed by atoms with Crippen LogP contribution in [0.15, 0.2) is 29.2 Å². The van der Waals surface area contributed by atoms with Crippen molar-refractivity contribution in [2.45, 2.75) is 82.3 Å². The Bertz CT molecular complexity index is 1100. The maximum Gasteiger partial charge on any atom is 0.573 e. The summed E-state index contributed by atoms with van der Waals surface area (Å²) in [5, 5.41) is 3.04. The Hall–Kier alpha value is -2.54. The van der Waals surface area contributed by atoms with Gasteiger partial charge in [-0.25, -0.2) is 13.2 Å². The largest absolute Gasteiger partial charge is 0.573 e. The van der Waals surface area contributed by atoms with E-state index in [0.717, 1.165) is 30.7 Å². The highest BCUT2D eigenvalue weighted by atomic mass is 32.2. The van der Waals surface area contributed by atoms with E-state index in [1.54, 1.807) is 20.8 Å². The minimum atomic E-state index is -4.87. The van der Waals surface area contributed by atoms with Crippen molar-refractivity contribution in [3.05, 3.63) is 24.3 Å². The van der Waals surface area contributed by atoms with E-state index < -0.39 is 39.9 Å². The molecule has 1 aliphatic heterocycles. The van der Waals surface area contributed by atoms with Crippen LogP contribution in [0.5, 0.6) is 5.75 Å². The molecule has 1 N–H and O–H groups in total. The van der Waals surface area contributed by atoms with Crippen LogP contribution in [-0.2, 0) is 19.6 Å². The topological polar surface area (TPSA) is 105 Å². The molecule has 9 nitrogen and oxygen atoms in total. The van der Waals surface area contributed by atoms with Gasteiger partial charge in [0.25, 0.3) is 0 Å². The summed E-state index contributed by atoms with van der Waals surface area (Å²) in [6, 6.07) is 3.12. The second kappa shape index (κ2) is 11.3. The zero-order valence-corrected chi connectivity index (χ0v) is 23.1. The van der Waals surface area contributed by atoms with Crippen molar-refractivity contribution >= 4 is 22.0 Å². The van der Waals surface area contributed by atoms with E-state index in [1.165, 1.54) is 16.3 Å². The molecule has 1 saturated carbocycles. The Morgan fingerprint density at radius 2 is 1.76 bits per heavy atom. The van der Waals surface area contributed by atoms with E-state index in [4.69, 9.17) is 4.74 Å². The molecule has 0 bridgehead atoms. The Morgan fingerprint density at radius 1 is 1.13 bits per heavy atom. The number of hydrogen-bond donors (Lipinski definition) is 1. The first-order chi connectivity index (χ1) is 17.5. The summed E-state index contributed by atoms with van der Waals surface area (Å²) >= 11 is 0. The molecule has 4 atom stereocenters. The molecule has 2 amide bonds. The van der Waals surface area contributed by atoms with Crippen molar-refractivity contribution in [3.8, 4) is 5.75 Å². The van der Waals surface area contributed by atoms with Crippen molar-refractivity contribution < 1.29 is 40.7 Å². The van der Waals surface area contributed by atoms with Gasteiger partial charge in [-0.2, -0.15) is 4.31 Å². The Kier molecular flexibility index (Phi) is 8.91. The highest BCUT2D eigenvalue weighted by Gasteiger charge is 2.47. The van der Waals surface area contributed by atoms with Crippen molar-refractivity contribution in [2.24, 2.45) is 11.8 Å². The van der Waals surface area contributed by atoms with E-state index in [-0.39, 0.29) is 41.8 Å². The predicted octanol–water partition coefficient (Wildman–Crippen LogP) is 4.14. The minimum Gasteiger partial charge on any atom is -0.444 e. The van der Waals surface area contributed by atoms with Gasteiger partial charge < -0.3 is 14.8 Å². The van der Waals surface area contributed by atoms with Crippen LogP contribution in [0.25, 0.3) is 0 Å². The van der Waals surface area contributed by atoms with E-state index in [0.29, 0.717) is 19.3 Å². The summed E-state index contributed by atoms with van der Waals surface area (Å²) in [5.41, 5.74) is -0.707. The number of hydrogen-bond acceptors (Lipinski definition) is 6. The van der Waals surface area contributed by atoms with Crippen molar-refractivity contribution in [1.82, 2.24) is 14.5 Å². The molecule has 0 aromatic heterocycles. The van der Waals surface area contributed by atoms with Gasteiger partial charge in [-0.05, 0) is 76.1 Å². The third kappa shape index (κ3) is 7.31. The maximum atomic E-state index is 13.2. The summed E-state index contributed by atoms with van der Waals surface area (Å²) in [4.78, 5) is 27.0. The molecule has 2 aliphatic rings. The van der Waals surface area contributed by atoms with Crippen LogP contribution in [0.4, 0.5) is 18.0 Å². The van der Waals surface area contributed by atoms with Crippen molar-refractivity contribution in [1.29, 1.82) is 0 Å². The summed E-state index contributed by atoms with van der Waals surface area (Å²) in [6.45, 7) is 7.59. The molecule has 38 heavy (non-hydrogen) atoms. The molecular formula is C25H36F3N3O6S. The van der Waals surface area contributed by atoms with Crippen molar-refractivity contribution in [3.63, 3.8) is 0 Å². The van der Waals surface area contributed by atoms with Gasteiger partial charge in [0.05, 0.1) is 4.90 Å². The van der Waals surface area contributed by atoms with Gasteiger partial charge in [0.1, 0.15) is 17.4 Å². The standard InChI is InChI=1S/C25H36F3N3O6S/c1-6-7-21(30(5)23(33)37-24(2,3)4)22(32)29-20-13-8-16-14-31(15-19(16)20)38(34,35)18-11-9-17(10-12-18)36-25(26,27)28/h9-12,16,19-21H,6-8,13-15H2,1-5H3,(H,29,32)/t16-,19+,20+,21?/m1/s1. The smallest absolute Gasteiger partial charge is 0.444 e. The van der Waals surface area contributed by atoms with Gasteiger partial charge in [-0.1, -0.05) is 13.3 Å². The molecule has 2 fully saturated rings. The molecule has 214 valence electrons. The Balaban J connectivity index is 1.66. The van der Waals surface area contributed by atoms with Crippen LogP contribution in [0.2, 0.25) is 0 Å². The number of nitrogens with zero attached hydrogens (tertiary/aromatic N) is 2. The Labute approximate surface area is 221 Å². The van der Waals surface area contributed by atoms with Gasteiger partial charge in [-0.3, -0.25) is 9.69 Å². The third-order valence-electron chi connectivity index (χ3n) is 6.86. The quantitative estimate of drug-likeness (QED) is 0.510. The zero-order valence-electron chi connectivity index (χ0n) is 22.2. The van der Waals surface area contributed by atoms with Crippen LogP contribution in [0.3, 0.4) is 0 Å². The summed E-state index contributed by atoms with van der Waals surface area (Å²) in [6.07, 6.45) is -2.95.